The zero-order chi connectivity index (χ0) is 14.8. The number of hydrogen-bond donors (Lipinski definition) is 0. The van der Waals surface area contributed by atoms with Crippen LogP contribution in [0.15, 0.2) is 60.2 Å². The monoisotopic (exact) mass is 266 g/mol. The molecule has 0 radical (unpaired) electrons. The first-order valence-electron chi connectivity index (χ1n) is 7.08. The fourth-order valence-corrected chi connectivity index (χ4v) is 2.32. The number of rotatable bonds is 3. The molecule has 0 saturated carbocycles. The largest absolute Gasteiger partial charge is 0.295 e. The van der Waals surface area contributed by atoms with Crippen LogP contribution in [-0.2, 0) is 0 Å². The Morgan fingerprint density at radius 3 is 2.35 bits per heavy atom. The number of carbonyl (C=O) groups is 1. The lowest BCUT2D eigenvalue weighted by molar-refractivity contribution is 0.101. The maximum Gasteiger partial charge on any atom is 0.159 e. The van der Waals surface area contributed by atoms with E-state index < -0.39 is 0 Å². The number of ketones is 1. The Bertz CT molecular complexity index is 583. The van der Waals surface area contributed by atoms with Crippen LogP contribution in [0.2, 0.25) is 0 Å². The zero-order valence-corrected chi connectivity index (χ0v) is 12.7. The normalized spacial score (nSPS) is 18.3. The van der Waals surface area contributed by atoms with Crippen LogP contribution in [0.4, 0.5) is 0 Å². The Hall–Kier alpha value is -1.89. The molecule has 0 fully saturated rings. The average molecular weight is 266 g/mol. The highest BCUT2D eigenvalue weighted by Crippen LogP contribution is 2.30. The summed E-state index contributed by atoms with van der Waals surface area (Å²) in [5.74, 6) is 0.438. The lowest BCUT2D eigenvalue weighted by Crippen LogP contribution is -2.01. The van der Waals surface area contributed by atoms with E-state index in [9.17, 15) is 4.79 Å². The molecule has 1 heteroatoms. The van der Waals surface area contributed by atoms with Crippen LogP contribution >= 0.6 is 0 Å². The van der Waals surface area contributed by atoms with E-state index in [0.717, 1.165) is 5.56 Å². The highest BCUT2D eigenvalue weighted by Gasteiger charge is 2.14. The van der Waals surface area contributed by atoms with Crippen molar-refractivity contribution in [3.8, 4) is 0 Å². The van der Waals surface area contributed by atoms with Gasteiger partial charge in [-0.1, -0.05) is 75.4 Å². The van der Waals surface area contributed by atoms with Gasteiger partial charge in [0.1, 0.15) is 0 Å². The molecule has 1 atom stereocenters. The third-order valence-corrected chi connectivity index (χ3v) is 3.84. The second kappa shape index (κ2) is 5.62. The maximum absolute atomic E-state index is 11.3. The molecule has 1 aromatic carbocycles. The molecule has 1 nitrogen and oxygen atoms in total. The van der Waals surface area contributed by atoms with Crippen molar-refractivity contribution >= 4 is 5.78 Å². The molecule has 20 heavy (non-hydrogen) atoms. The van der Waals surface area contributed by atoms with Crippen LogP contribution in [0.25, 0.3) is 0 Å². The van der Waals surface area contributed by atoms with Crippen LogP contribution in [-0.4, -0.2) is 5.78 Å². The molecule has 104 valence electrons. The molecular formula is C19H22O. The van der Waals surface area contributed by atoms with E-state index in [-0.39, 0.29) is 11.2 Å². The van der Waals surface area contributed by atoms with Crippen LogP contribution in [0.5, 0.6) is 0 Å². The van der Waals surface area contributed by atoms with E-state index >= 15 is 0 Å². The number of allylic oxidation sites excluding steroid dienone is 6. The third kappa shape index (κ3) is 3.36. The first kappa shape index (κ1) is 14.5. The van der Waals surface area contributed by atoms with Gasteiger partial charge in [0, 0.05) is 16.9 Å². The Balaban J connectivity index is 2.23. The molecule has 0 saturated heterocycles. The van der Waals surface area contributed by atoms with E-state index in [1.807, 2.05) is 12.1 Å². The second-order valence-electron chi connectivity index (χ2n) is 6.08. The minimum atomic E-state index is 0.108. The zero-order valence-electron chi connectivity index (χ0n) is 12.7. The van der Waals surface area contributed by atoms with Gasteiger partial charge in [0.2, 0.25) is 0 Å². The molecule has 0 amide bonds. The Kier molecular flexibility index (Phi) is 4.08. The predicted molar refractivity (Wildman–Crippen MR) is 85.0 cm³/mol. The second-order valence-corrected chi connectivity index (χ2v) is 6.08. The summed E-state index contributed by atoms with van der Waals surface area (Å²) < 4.78 is 0. The topological polar surface area (TPSA) is 17.1 Å². The highest BCUT2D eigenvalue weighted by atomic mass is 16.1. The van der Waals surface area contributed by atoms with Crippen molar-refractivity contribution < 1.29 is 4.79 Å². The highest BCUT2D eigenvalue weighted by molar-refractivity contribution is 5.94. The van der Waals surface area contributed by atoms with Gasteiger partial charge in [-0.3, -0.25) is 4.79 Å². The molecule has 1 aliphatic carbocycles. The van der Waals surface area contributed by atoms with Crippen molar-refractivity contribution in [1.29, 1.82) is 0 Å². The summed E-state index contributed by atoms with van der Waals surface area (Å²) in [4.78, 5) is 11.3. The summed E-state index contributed by atoms with van der Waals surface area (Å²) in [6, 6.07) is 7.93. The number of hydrogen-bond acceptors (Lipinski definition) is 1. The molecule has 0 heterocycles. The van der Waals surface area contributed by atoms with Crippen LogP contribution in [0.1, 0.15) is 49.5 Å². The SMILES string of the molecule is CC(=O)c1ccc(C(C)C2=CC=CC(C)(C)C=C2)cc1. The van der Waals surface area contributed by atoms with Gasteiger partial charge >= 0.3 is 0 Å². The summed E-state index contributed by atoms with van der Waals surface area (Å²) in [5.41, 5.74) is 3.41. The molecule has 2 rings (SSSR count). The van der Waals surface area contributed by atoms with Crippen molar-refractivity contribution in [3.05, 3.63) is 71.3 Å². The molecule has 0 aromatic heterocycles. The fraction of sp³-hybridized carbons (Fsp3) is 0.316. The lowest BCUT2D eigenvalue weighted by atomic mass is 9.89. The average Bonchev–Trinajstić information content (AvgIpc) is 2.59. The van der Waals surface area contributed by atoms with E-state index in [4.69, 9.17) is 0 Å². The summed E-state index contributed by atoms with van der Waals surface area (Å²) in [6.45, 7) is 8.19. The summed E-state index contributed by atoms with van der Waals surface area (Å²) >= 11 is 0. The number of Topliss-reactive ketones (excluding diaryl/α,β-unsaturated/α-hetero) is 1. The molecule has 1 aromatic rings. The molecular weight excluding hydrogens is 244 g/mol. The van der Waals surface area contributed by atoms with Gasteiger partial charge in [-0.2, -0.15) is 0 Å². The van der Waals surface area contributed by atoms with Gasteiger partial charge in [-0.15, -0.1) is 0 Å². The minimum absolute atomic E-state index is 0.108. The van der Waals surface area contributed by atoms with Gasteiger partial charge in [0.25, 0.3) is 0 Å². The van der Waals surface area contributed by atoms with E-state index in [1.165, 1.54) is 11.1 Å². The molecule has 0 spiro atoms. The van der Waals surface area contributed by atoms with Gasteiger partial charge in [0.15, 0.2) is 5.78 Å². The third-order valence-electron chi connectivity index (χ3n) is 3.84. The Labute approximate surface area is 121 Å². The molecule has 1 aliphatic rings. The quantitative estimate of drug-likeness (QED) is 0.698. The summed E-state index contributed by atoms with van der Waals surface area (Å²) in [5, 5.41) is 0. The van der Waals surface area contributed by atoms with Gasteiger partial charge in [-0.25, -0.2) is 0 Å². The molecule has 0 aliphatic heterocycles. The smallest absolute Gasteiger partial charge is 0.159 e. The molecule has 1 unspecified atom stereocenters. The van der Waals surface area contributed by atoms with Crippen molar-refractivity contribution in [2.24, 2.45) is 5.41 Å². The van der Waals surface area contributed by atoms with Gasteiger partial charge < -0.3 is 0 Å². The van der Waals surface area contributed by atoms with E-state index in [2.05, 4.69) is 63.3 Å². The number of carbonyl (C=O) groups excluding carboxylic acids is 1. The fourth-order valence-electron chi connectivity index (χ4n) is 2.32. The Morgan fingerprint density at radius 2 is 1.75 bits per heavy atom. The van der Waals surface area contributed by atoms with Crippen LogP contribution in [0, 0.1) is 5.41 Å². The van der Waals surface area contributed by atoms with Gasteiger partial charge in [0.05, 0.1) is 0 Å². The summed E-state index contributed by atoms with van der Waals surface area (Å²) in [7, 11) is 0. The van der Waals surface area contributed by atoms with Crippen molar-refractivity contribution in [2.75, 3.05) is 0 Å². The first-order chi connectivity index (χ1) is 9.39. The first-order valence-corrected chi connectivity index (χ1v) is 7.08. The van der Waals surface area contributed by atoms with Crippen molar-refractivity contribution in [1.82, 2.24) is 0 Å². The van der Waals surface area contributed by atoms with Gasteiger partial charge in [-0.05, 0) is 18.1 Å². The van der Waals surface area contributed by atoms with E-state index in [0.29, 0.717) is 5.92 Å². The van der Waals surface area contributed by atoms with E-state index in [1.54, 1.807) is 6.92 Å². The Morgan fingerprint density at radius 1 is 1.10 bits per heavy atom. The minimum Gasteiger partial charge on any atom is -0.295 e. The standard InChI is InChI=1S/C19H22O/c1-14(16-6-5-12-19(3,4)13-11-16)17-7-9-18(10-8-17)15(2)20/h5-14H,1-4H3. The summed E-state index contributed by atoms with van der Waals surface area (Å²) in [6.07, 6.45) is 11.0. The molecule has 0 N–H and O–H groups in total. The van der Waals surface area contributed by atoms with Crippen molar-refractivity contribution in [3.63, 3.8) is 0 Å². The molecule has 0 bridgehead atoms. The number of benzene rings is 1. The van der Waals surface area contributed by atoms with Crippen LogP contribution in [0.3, 0.4) is 0 Å². The van der Waals surface area contributed by atoms with Crippen LogP contribution < -0.4 is 0 Å². The predicted octanol–water partition coefficient (Wildman–Crippen LogP) is 5.07. The maximum atomic E-state index is 11.3. The van der Waals surface area contributed by atoms with Crippen molar-refractivity contribution in [2.45, 2.75) is 33.6 Å². The lowest BCUT2D eigenvalue weighted by Gasteiger charge is -2.15.